The van der Waals surface area contributed by atoms with E-state index in [1.807, 2.05) is 81.4 Å². The van der Waals surface area contributed by atoms with Crippen LogP contribution < -0.4 is 4.74 Å². The van der Waals surface area contributed by atoms with Gasteiger partial charge < -0.3 is 24.6 Å². The number of benzene rings is 2. The van der Waals surface area contributed by atoms with Gasteiger partial charge in [-0.15, -0.1) is 0 Å². The first-order valence-corrected chi connectivity index (χ1v) is 11.0. The SMILES string of the molecule is CC(C)Oc1ccc(C2/C(=C(/O)c3c[nH]c4ccccc34)C(=O)C(=O)N2CCN(C)C)cc1. The number of Topliss-reactive ketones (excluding diaryl/α,β-unsaturated/α-hetero) is 1. The number of hydrogen-bond donors (Lipinski definition) is 2. The summed E-state index contributed by atoms with van der Waals surface area (Å²) in [7, 11) is 3.82. The fourth-order valence-electron chi connectivity index (χ4n) is 4.18. The second-order valence-corrected chi connectivity index (χ2v) is 8.78. The van der Waals surface area contributed by atoms with E-state index in [0.29, 0.717) is 24.4 Å². The highest BCUT2D eigenvalue weighted by Gasteiger charge is 2.46. The second kappa shape index (κ2) is 9.11. The Morgan fingerprint density at radius 3 is 2.48 bits per heavy atom. The molecule has 1 atom stereocenters. The van der Waals surface area contributed by atoms with E-state index in [-0.39, 0.29) is 17.4 Å². The molecule has 4 rings (SSSR count). The largest absolute Gasteiger partial charge is 0.507 e. The number of hydrogen-bond acceptors (Lipinski definition) is 5. The molecule has 0 aliphatic carbocycles. The van der Waals surface area contributed by atoms with Crippen LogP contribution in [0.3, 0.4) is 0 Å². The number of likely N-dealkylation sites (tertiary alicyclic amines) is 1. The molecule has 1 unspecified atom stereocenters. The molecule has 7 heteroatoms. The maximum absolute atomic E-state index is 13.2. The molecule has 1 aromatic heterocycles. The van der Waals surface area contributed by atoms with Crippen LogP contribution in [0.25, 0.3) is 16.7 Å². The summed E-state index contributed by atoms with van der Waals surface area (Å²) in [6.07, 6.45) is 1.70. The van der Waals surface area contributed by atoms with E-state index in [4.69, 9.17) is 4.74 Å². The summed E-state index contributed by atoms with van der Waals surface area (Å²) in [5, 5.41) is 12.1. The van der Waals surface area contributed by atoms with Gasteiger partial charge in [-0.25, -0.2) is 0 Å². The van der Waals surface area contributed by atoms with E-state index in [1.54, 1.807) is 11.1 Å². The number of amides is 1. The Bertz CT molecular complexity index is 1210. The van der Waals surface area contributed by atoms with Crippen molar-refractivity contribution >= 4 is 28.4 Å². The van der Waals surface area contributed by atoms with Gasteiger partial charge >= 0.3 is 0 Å². The van der Waals surface area contributed by atoms with Gasteiger partial charge in [0.2, 0.25) is 0 Å². The van der Waals surface area contributed by atoms with Gasteiger partial charge in [0.1, 0.15) is 11.5 Å². The zero-order valence-electron chi connectivity index (χ0n) is 19.3. The molecule has 2 N–H and O–H groups in total. The molecule has 0 radical (unpaired) electrons. The number of H-pyrrole nitrogens is 1. The molecule has 1 aliphatic heterocycles. The lowest BCUT2D eigenvalue weighted by molar-refractivity contribution is -0.140. The average molecular weight is 448 g/mol. The van der Waals surface area contributed by atoms with Gasteiger partial charge in [-0.1, -0.05) is 30.3 Å². The summed E-state index contributed by atoms with van der Waals surface area (Å²) < 4.78 is 5.74. The number of aromatic amines is 1. The van der Waals surface area contributed by atoms with E-state index in [1.165, 1.54) is 0 Å². The van der Waals surface area contributed by atoms with Crippen molar-refractivity contribution in [2.45, 2.75) is 26.0 Å². The topological polar surface area (TPSA) is 85.9 Å². The third-order valence-corrected chi connectivity index (χ3v) is 5.74. The highest BCUT2D eigenvalue weighted by molar-refractivity contribution is 6.46. The van der Waals surface area contributed by atoms with Crippen LogP contribution in [0.4, 0.5) is 0 Å². The second-order valence-electron chi connectivity index (χ2n) is 8.78. The third kappa shape index (κ3) is 4.36. The molecule has 0 spiro atoms. The highest BCUT2D eigenvalue weighted by Crippen LogP contribution is 2.40. The summed E-state index contributed by atoms with van der Waals surface area (Å²) in [6, 6.07) is 14.2. The number of carbonyl (C=O) groups excluding carboxylic acids is 2. The van der Waals surface area contributed by atoms with E-state index in [9.17, 15) is 14.7 Å². The van der Waals surface area contributed by atoms with Crippen molar-refractivity contribution in [1.29, 1.82) is 0 Å². The van der Waals surface area contributed by atoms with E-state index < -0.39 is 17.7 Å². The van der Waals surface area contributed by atoms with Crippen molar-refractivity contribution < 1.29 is 19.4 Å². The van der Waals surface area contributed by atoms with Crippen LogP contribution in [0.2, 0.25) is 0 Å². The monoisotopic (exact) mass is 447 g/mol. The predicted octanol–water partition coefficient (Wildman–Crippen LogP) is 3.94. The van der Waals surface area contributed by atoms with Gasteiger partial charge in [-0.3, -0.25) is 9.59 Å². The maximum Gasteiger partial charge on any atom is 0.295 e. The summed E-state index contributed by atoms with van der Waals surface area (Å²) >= 11 is 0. The molecule has 0 saturated carbocycles. The number of rotatable bonds is 7. The lowest BCUT2D eigenvalue weighted by Crippen LogP contribution is -2.35. The first-order chi connectivity index (χ1) is 15.8. The first kappa shape index (κ1) is 22.6. The number of ether oxygens (including phenoxy) is 1. The molecule has 1 aliphatic rings. The number of nitrogens with one attached hydrogen (secondary N) is 1. The quantitative estimate of drug-likeness (QED) is 0.326. The fourth-order valence-corrected chi connectivity index (χ4v) is 4.18. The summed E-state index contributed by atoms with van der Waals surface area (Å²) in [5.41, 5.74) is 2.18. The van der Waals surface area contributed by atoms with Gasteiger partial charge in [0.05, 0.1) is 17.7 Å². The number of fused-ring (bicyclic) bond motifs is 1. The van der Waals surface area contributed by atoms with Crippen LogP contribution >= 0.6 is 0 Å². The van der Waals surface area contributed by atoms with E-state index in [2.05, 4.69) is 4.98 Å². The highest BCUT2D eigenvalue weighted by atomic mass is 16.5. The summed E-state index contributed by atoms with van der Waals surface area (Å²) in [6.45, 7) is 4.85. The van der Waals surface area contributed by atoms with Crippen molar-refractivity contribution in [3.63, 3.8) is 0 Å². The Morgan fingerprint density at radius 1 is 1.12 bits per heavy atom. The van der Waals surface area contributed by atoms with Gasteiger partial charge in [-0.2, -0.15) is 0 Å². The van der Waals surface area contributed by atoms with Gasteiger partial charge in [0.25, 0.3) is 11.7 Å². The number of nitrogens with zero attached hydrogens (tertiary/aromatic N) is 2. The smallest absolute Gasteiger partial charge is 0.295 e. The molecule has 7 nitrogen and oxygen atoms in total. The normalized spacial score (nSPS) is 18.1. The number of para-hydroxylation sites is 1. The van der Waals surface area contributed by atoms with Crippen LogP contribution in [0.5, 0.6) is 5.75 Å². The predicted molar refractivity (Wildman–Crippen MR) is 128 cm³/mol. The Labute approximate surface area is 193 Å². The van der Waals surface area contributed by atoms with Crippen LogP contribution in [0, 0.1) is 0 Å². The van der Waals surface area contributed by atoms with Gasteiger partial charge in [0, 0.05) is 35.8 Å². The molecule has 1 amide bonds. The molecule has 3 aromatic rings. The van der Waals surface area contributed by atoms with E-state index in [0.717, 1.165) is 16.5 Å². The van der Waals surface area contributed by atoms with Crippen LogP contribution in [0.15, 0.2) is 60.3 Å². The van der Waals surface area contributed by atoms with Crippen LogP contribution in [-0.2, 0) is 9.59 Å². The summed E-state index contributed by atoms with van der Waals surface area (Å²) in [5.74, 6) is -0.754. The molecule has 1 saturated heterocycles. The zero-order chi connectivity index (χ0) is 23.7. The average Bonchev–Trinajstić information content (AvgIpc) is 3.31. The number of aliphatic hydroxyl groups is 1. The molecule has 172 valence electrons. The minimum Gasteiger partial charge on any atom is -0.507 e. The van der Waals surface area contributed by atoms with Crippen molar-refractivity contribution in [1.82, 2.24) is 14.8 Å². The summed E-state index contributed by atoms with van der Waals surface area (Å²) in [4.78, 5) is 32.8. The number of aromatic nitrogens is 1. The molecule has 2 heterocycles. The first-order valence-electron chi connectivity index (χ1n) is 11.0. The Balaban J connectivity index is 1.83. The Hall–Kier alpha value is -3.58. The van der Waals surface area contributed by atoms with E-state index >= 15 is 0 Å². The van der Waals surface area contributed by atoms with Crippen LogP contribution in [-0.4, -0.2) is 64.9 Å². The minimum atomic E-state index is -0.688. The van der Waals surface area contributed by atoms with Crippen LogP contribution in [0.1, 0.15) is 31.0 Å². The minimum absolute atomic E-state index is 0.0310. The number of aliphatic hydroxyl groups excluding tert-OH is 1. The molecule has 0 bridgehead atoms. The third-order valence-electron chi connectivity index (χ3n) is 5.74. The zero-order valence-corrected chi connectivity index (χ0v) is 19.3. The number of likely N-dealkylation sites (N-methyl/N-ethyl adjacent to an activating group) is 1. The van der Waals surface area contributed by atoms with Crippen molar-refractivity contribution in [3.8, 4) is 5.75 Å². The van der Waals surface area contributed by atoms with Crippen molar-refractivity contribution in [2.24, 2.45) is 0 Å². The standard InChI is InChI=1S/C26H29N3O4/c1-16(2)33-18-11-9-17(10-12-18)23-22(25(31)26(32)29(23)14-13-28(3)4)24(30)20-15-27-21-8-6-5-7-19(20)21/h5-12,15-16,23,27,30H,13-14H2,1-4H3/b24-22-. The molecule has 2 aromatic carbocycles. The molecular weight excluding hydrogens is 418 g/mol. The number of carbonyl (C=O) groups is 2. The maximum atomic E-state index is 13.2. The van der Waals surface area contributed by atoms with Crippen molar-refractivity contribution in [2.75, 3.05) is 27.2 Å². The Kier molecular flexibility index (Phi) is 6.24. The lowest BCUT2D eigenvalue weighted by atomic mass is 9.95. The fraction of sp³-hybridized carbons (Fsp3) is 0.308. The molecule has 33 heavy (non-hydrogen) atoms. The molecule has 1 fully saturated rings. The molecular formula is C26H29N3O4. The van der Waals surface area contributed by atoms with Gasteiger partial charge in [0.15, 0.2) is 0 Å². The Morgan fingerprint density at radius 2 is 1.82 bits per heavy atom. The van der Waals surface area contributed by atoms with Gasteiger partial charge in [-0.05, 0) is 51.7 Å². The number of ketones is 1. The lowest BCUT2D eigenvalue weighted by Gasteiger charge is -2.26. The van der Waals surface area contributed by atoms with Crippen molar-refractivity contribution in [3.05, 3.63) is 71.4 Å².